The Kier molecular flexibility index (Phi) is 4.43. The molecule has 11 atom stereocenters. The van der Waals surface area contributed by atoms with Gasteiger partial charge in [-0.3, -0.25) is 4.79 Å². The van der Waals surface area contributed by atoms with Crippen molar-refractivity contribution in [3.63, 3.8) is 0 Å². The van der Waals surface area contributed by atoms with Crippen LogP contribution in [0.25, 0.3) is 0 Å². The first kappa shape index (κ1) is 19.3. The first-order valence-corrected chi connectivity index (χ1v) is 11.5. The average Bonchev–Trinajstić information content (AvgIpc) is 3.24. The fourth-order valence-electron chi connectivity index (χ4n) is 8.57. The van der Waals surface area contributed by atoms with E-state index in [0.717, 1.165) is 51.4 Å². The number of ether oxygens (including phenoxy) is 1. The smallest absolute Gasteiger partial charge is 0.303 e. The molecule has 1 saturated heterocycles. The van der Waals surface area contributed by atoms with Crippen LogP contribution in [-0.2, 0) is 9.53 Å². The van der Waals surface area contributed by atoms with Gasteiger partial charge in [-0.25, -0.2) is 0 Å². The van der Waals surface area contributed by atoms with Gasteiger partial charge in [-0.15, -0.1) is 0 Å². The van der Waals surface area contributed by atoms with Gasteiger partial charge in [0.25, 0.3) is 0 Å². The minimum atomic E-state index is -0.711. The molecule has 1 heterocycles. The molecule has 1 aliphatic heterocycles. The van der Waals surface area contributed by atoms with Gasteiger partial charge in [0.05, 0.1) is 18.3 Å². The number of hydrogen-bond acceptors (Lipinski definition) is 4. The number of carbonyl (C=O) groups is 1. The Morgan fingerprint density at radius 3 is 2.68 bits per heavy atom. The van der Waals surface area contributed by atoms with Crippen LogP contribution in [0.4, 0.5) is 0 Å². The molecule has 5 aliphatic rings. The van der Waals surface area contributed by atoms with Crippen molar-refractivity contribution in [2.45, 2.75) is 95.5 Å². The molecule has 3 N–H and O–H groups in total. The summed E-state index contributed by atoms with van der Waals surface area (Å²) in [5.41, 5.74) is 0.131. The normalized spacial score (nSPS) is 55.4. The number of carboxylic acid groups (broad SMARTS) is 1. The highest BCUT2D eigenvalue weighted by molar-refractivity contribution is 5.66. The van der Waals surface area contributed by atoms with Crippen molar-refractivity contribution in [1.82, 2.24) is 0 Å². The number of carboxylic acids is 1. The Bertz CT molecular complexity index is 651. The number of rotatable bonds is 4. The SMILES string of the molecule is C[C@H](CCC(=O)O)[C@H]1CC[C@H]2[C@@H]3[C@H](O)C[C@@H]4C[C@H](O)CC[C@]4(C)[C@H]3C[C@H]3O[C@]132. The van der Waals surface area contributed by atoms with Gasteiger partial charge in [0, 0.05) is 6.42 Å². The molecule has 5 rings (SSSR count). The number of epoxide rings is 1. The zero-order valence-corrected chi connectivity index (χ0v) is 17.2. The van der Waals surface area contributed by atoms with Gasteiger partial charge >= 0.3 is 5.97 Å². The highest BCUT2D eigenvalue weighted by Crippen LogP contribution is 2.72. The molecule has 0 unspecified atom stereocenters. The van der Waals surface area contributed by atoms with Gasteiger partial charge in [0.15, 0.2) is 0 Å². The molecule has 1 spiro atoms. The Hall–Kier alpha value is -0.650. The Morgan fingerprint density at radius 2 is 1.93 bits per heavy atom. The van der Waals surface area contributed by atoms with Crippen LogP contribution in [0.5, 0.6) is 0 Å². The summed E-state index contributed by atoms with van der Waals surface area (Å²) in [6.07, 6.45) is 7.66. The quantitative estimate of drug-likeness (QED) is 0.639. The maximum Gasteiger partial charge on any atom is 0.303 e. The Balaban J connectivity index is 1.39. The van der Waals surface area contributed by atoms with E-state index < -0.39 is 5.97 Å². The van der Waals surface area contributed by atoms with E-state index in [9.17, 15) is 15.0 Å². The van der Waals surface area contributed by atoms with Crippen molar-refractivity contribution < 1.29 is 24.9 Å². The summed E-state index contributed by atoms with van der Waals surface area (Å²) in [7, 11) is 0. The monoisotopic (exact) mass is 392 g/mol. The summed E-state index contributed by atoms with van der Waals surface area (Å²) in [6.45, 7) is 4.62. The molecule has 28 heavy (non-hydrogen) atoms. The molecule has 4 saturated carbocycles. The minimum absolute atomic E-state index is 0.0859. The van der Waals surface area contributed by atoms with E-state index in [1.807, 2.05) is 0 Å². The summed E-state index contributed by atoms with van der Waals surface area (Å²) in [6, 6.07) is 0. The Morgan fingerprint density at radius 1 is 1.14 bits per heavy atom. The summed E-state index contributed by atoms with van der Waals surface area (Å²) in [4.78, 5) is 11.0. The van der Waals surface area contributed by atoms with Gasteiger partial charge in [-0.1, -0.05) is 13.8 Å². The third-order valence-electron chi connectivity index (χ3n) is 9.96. The standard InChI is InChI=1S/C23H36O5/c1-12(3-6-20(26)27)15-4-5-16-21-17(11-19-23(15,16)28-19)22(2)8-7-14(24)9-13(22)10-18(21)25/h12-19,21,24-25H,3-11H2,1-2H3,(H,26,27)/t12-,13+,14-,15-,16+,17+,18-,19-,21+,22+,23+/m1/s1. The molecule has 0 aromatic carbocycles. The molecule has 0 radical (unpaired) electrons. The van der Waals surface area contributed by atoms with Crippen molar-refractivity contribution in [3.8, 4) is 0 Å². The first-order valence-electron chi connectivity index (χ1n) is 11.5. The molecule has 0 aromatic heterocycles. The second-order valence-corrected chi connectivity index (χ2v) is 11.0. The van der Waals surface area contributed by atoms with Crippen molar-refractivity contribution in [2.24, 2.45) is 40.9 Å². The molecule has 5 fully saturated rings. The lowest BCUT2D eigenvalue weighted by Crippen LogP contribution is -2.59. The Labute approximate surface area is 167 Å². The van der Waals surface area contributed by atoms with Gasteiger partial charge in [0.1, 0.15) is 5.60 Å². The van der Waals surface area contributed by atoms with Crippen molar-refractivity contribution in [2.75, 3.05) is 0 Å². The molecular formula is C23H36O5. The van der Waals surface area contributed by atoms with E-state index in [1.165, 1.54) is 0 Å². The zero-order valence-electron chi connectivity index (χ0n) is 17.2. The van der Waals surface area contributed by atoms with Crippen molar-refractivity contribution in [3.05, 3.63) is 0 Å². The third-order valence-corrected chi connectivity index (χ3v) is 9.96. The van der Waals surface area contributed by atoms with Gasteiger partial charge in [-0.05, 0) is 92.3 Å². The van der Waals surface area contributed by atoms with Crippen LogP contribution in [-0.4, -0.2) is 45.2 Å². The molecule has 5 heteroatoms. The van der Waals surface area contributed by atoms with Crippen LogP contribution in [0.3, 0.4) is 0 Å². The number of fused-ring (bicyclic) bond motifs is 4. The molecule has 158 valence electrons. The lowest BCUT2D eigenvalue weighted by molar-refractivity contribution is -0.150. The lowest BCUT2D eigenvalue weighted by atomic mass is 9.46. The number of aliphatic hydroxyl groups excluding tert-OH is 2. The molecule has 0 aromatic rings. The van der Waals surface area contributed by atoms with Gasteiger partial charge < -0.3 is 20.1 Å². The second kappa shape index (κ2) is 6.42. The second-order valence-electron chi connectivity index (χ2n) is 11.0. The maximum absolute atomic E-state index is 11.2. The van der Waals surface area contributed by atoms with E-state index in [2.05, 4.69) is 13.8 Å². The highest BCUT2D eigenvalue weighted by Gasteiger charge is 2.76. The van der Waals surface area contributed by atoms with Crippen LogP contribution < -0.4 is 0 Å². The minimum Gasteiger partial charge on any atom is -0.481 e. The predicted molar refractivity (Wildman–Crippen MR) is 104 cm³/mol. The number of aliphatic carboxylic acids is 1. The van der Waals surface area contributed by atoms with Gasteiger partial charge in [-0.2, -0.15) is 0 Å². The van der Waals surface area contributed by atoms with E-state index >= 15 is 0 Å². The molecule has 4 aliphatic carbocycles. The van der Waals surface area contributed by atoms with E-state index in [0.29, 0.717) is 41.6 Å². The summed E-state index contributed by atoms with van der Waals surface area (Å²) < 4.78 is 6.51. The van der Waals surface area contributed by atoms with E-state index in [4.69, 9.17) is 9.84 Å². The fraction of sp³-hybridized carbons (Fsp3) is 0.957. The summed E-state index contributed by atoms with van der Waals surface area (Å²) in [5, 5.41) is 30.5. The molecule has 5 nitrogen and oxygen atoms in total. The predicted octanol–water partition coefficient (Wildman–Crippen LogP) is 3.22. The van der Waals surface area contributed by atoms with Crippen molar-refractivity contribution in [1.29, 1.82) is 0 Å². The summed E-state index contributed by atoms with van der Waals surface area (Å²) in [5.74, 6) is 1.74. The molecule has 0 amide bonds. The summed E-state index contributed by atoms with van der Waals surface area (Å²) >= 11 is 0. The highest BCUT2D eigenvalue weighted by atomic mass is 16.6. The molecular weight excluding hydrogens is 356 g/mol. The van der Waals surface area contributed by atoms with Crippen LogP contribution in [0.2, 0.25) is 0 Å². The number of aliphatic hydroxyl groups is 2. The van der Waals surface area contributed by atoms with E-state index in [1.54, 1.807) is 0 Å². The largest absolute Gasteiger partial charge is 0.481 e. The fourth-order valence-corrected chi connectivity index (χ4v) is 8.57. The van der Waals surface area contributed by atoms with Crippen LogP contribution in [0.15, 0.2) is 0 Å². The first-order chi connectivity index (χ1) is 13.3. The van der Waals surface area contributed by atoms with Crippen molar-refractivity contribution >= 4 is 5.97 Å². The topological polar surface area (TPSA) is 90.3 Å². The zero-order chi connectivity index (χ0) is 19.8. The van der Waals surface area contributed by atoms with Crippen LogP contribution >= 0.6 is 0 Å². The maximum atomic E-state index is 11.2. The van der Waals surface area contributed by atoms with Crippen LogP contribution in [0, 0.1) is 40.9 Å². The lowest BCUT2D eigenvalue weighted by Gasteiger charge is -2.59. The average molecular weight is 393 g/mol. The molecule has 0 bridgehead atoms. The third kappa shape index (κ3) is 2.58. The number of hydrogen-bond donors (Lipinski definition) is 3. The van der Waals surface area contributed by atoms with E-state index in [-0.39, 0.29) is 29.6 Å². The van der Waals surface area contributed by atoms with Crippen LogP contribution in [0.1, 0.15) is 71.6 Å². The van der Waals surface area contributed by atoms with Gasteiger partial charge in [0.2, 0.25) is 0 Å².